The predicted octanol–water partition coefficient (Wildman–Crippen LogP) is 1.10. The lowest BCUT2D eigenvalue weighted by Crippen LogP contribution is -2.32. The second-order valence-corrected chi connectivity index (χ2v) is 5.48. The molecule has 2 aliphatic rings. The maximum Gasteiger partial charge on any atom is 0.204 e. The lowest BCUT2D eigenvalue weighted by molar-refractivity contribution is 0.271. The molecule has 1 aliphatic heterocycles. The van der Waals surface area contributed by atoms with Crippen LogP contribution in [-0.2, 0) is 0 Å². The van der Waals surface area contributed by atoms with E-state index in [-0.39, 0.29) is 0 Å². The standard InChI is InChI=1S/C10H16N4S/c11-9-2-1-7-4-14(5-8(7)3-9)10-12-6-13-15-10/h6-9H,1-5,11H2/t7-,8+,9?/m1/s1. The monoisotopic (exact) mass is 224 g/mol. The molecule has 0 radical (unpaired) electrons. The van der Waals surface area contributed by atoms with Gasteiger partial charge in [0.1, 0.15) is 6.33 Å². The van der Waals surface area contributed by atoms with E-state index in [0.717, 1.165) is 30.1 Å². The minimum Gasteiger partial charge on any atom is -0.346 e. The summed E-state index contributed by atoms with van der Waals surface area (Å²) in [5, 5.41) is 1.08. The highest BCUT2D eigenvalue weighted by atomic mass is 32.1. The highest BCUT2D eigenvalue weighted by Crippen LogP contribution is 2.37. The second-order valence-electron chi connectivity index (χ2n) is 4.72. The fourth-order valence-electron chi connectivity index (χ4n) is 2.93. The van der Waals surface area contributed by atoms with Crippen LogP contribution in [0.2, 0.25) is 0 Å². The first-order valence-electron chi connectivity index (χ1n) is 5.60. The van der Waals surface area contributed by atoms with Crippen LogP contribution in [0.15, 0.2) is 6.33 Å². The fraction of sp³-hybridized carbons (Fsp3) is 0.800. The van der Waals surface area contributed by atoms with E-state index in [1.54, 1.807) is 6.33 Å². The molecule has 3 rings (SSSR count). The molecule has 0 bridgehead atoms. The summed E-state index contributed by atoms with van der Waals surface area (Å²) in [6.07, 6.45) is 5.33. The van der Waals surface area contributed by atoms with Crippen molar-refractivity contribution in [3.05, 3.63) is 6.33 Å². The molecular formula is C10H16N4S. The van der Waals surface area contributed by atoms with E-state index in [1.807, 2.05) is 0 Å². The minimum atomic E-state index is 0.431. The van der Waals surface area contributed by atoms with E-state index >= 15 is 0 Å². The molecule has 0 aromatic carbocycles. The van der Waals surface area contributed by atoms with E-state index in [1.165, 1.54) is 30.8 Å². The van der Waals surface area contributed by atoms with Crippen molar-refractivity contribution in [1.29, 1.82) is 0 Å². The van der Waals surface area contributed by atoms with Gasteiger partial charge in [0.05, 0.1) is 0 Å². The van der Waals surface area contributed by atoms with Gasteiger partial charge in [-0.1, -0.05) is 0 Å². The van der Waals surface area contributed by atoms with Gasteiger partial charge >= 0.3 is 0 Å². The lowest BCUT2D eigenvalue weighted by Gasteiger charge is -2.27. The van der Waals surface area contributed by atoms with Gasteiger partial charge in [0.25, 0.3) is 0 Å². The Morgan fingerprint density at radius 2 is 2.20 bits per heavy atom. The maximum atomic E-state index is 6.01. The summed E-state index contributed by atoms with van der Waals surface area (Å²) in [4.78, 5) is 6.66. The first-order chi connectivity index (χ1) is 7.33. The fourth-order valence-corrected chi connectivity index (χ4v) is 3.48. The molecule has 5 heteroatoms. The molecule has 0 amide bonds. The van der Waals surface area contributed by atoms with Gasteiger partial charge in [-0.15, -0.1) is 0 Å². The molecule has 2 heterocycles. The molecule has 15 heavy (non-hydrogen) atoms. The quantitative estimate of drug-likeness (QED) is 0.776. The Balaban J connectivity index is 1.72. The molecule has 4 nitrogen and oxygen atoms in total. The van der Waals surface area contributed by atoms with Crippen molar-refractivity contribution < 1.29 is 0 Å². The van der Waals surface area contributed by atoms with Crippen LogP contribution in [0, 0.1) is 11.8 Å². The first-order valence-corrected chi connectivity index (χ1v) is 6.37. The first kappa shape index (κ1) is 9.54. The van der Waals surface area contributed by atoms with Gasteiger partial charge in [-0.3, -0.25) is 0 Å². The Labute approximate surface area is 93.7 Å². The molecule has 2 fully saturated rings. The van der Waals surface area contributed by atoms with Gasteiger partial charge in [-0.2, -0.15) is 4.37 Å². The van der Waals surface area contributed by atoms with Gasteiger partial charge in [-0.05, 0) is 31.1 Å². The molecule has 1 unspecified atom stereocenters. The van der Waals surface area contributed by atoms with E-state index in [2.05, 4.69) is 14.3 Å². The van der Waals surface area contributed by atoms with E-state index < -0.39 is 0 Å². The van der Waals surface area contributed by atoms with Crippen LogP contribution >= 0.6 is 11.5 Å². The highest BCUT2D eigenvalue weighted by Gasteiger charge is 2.37. The Hall–Kier alpha value is -0.680. The Bertz CT molecular complexity index is 326. The number of fused-ring (bicyclic) bond motifs is 1. The SMILES string of the molecule is NC1CC[C@@H]2CN(c3ncns3)C[C@@H]2C1. The van der Waals surface area contributed by atoms with Gasteiger partial charge < -0.3 is 10.6 Å². The zero-order chi connectivity index (χ0) is 10.3. The van der Waals surface area contributed by atoms with Crippen molar-refractivity contribution in [3.63, 3.8) is 0 Å². The highest BCUT2D eigenvalue weighted by molar-refractivity contribution is 7.09. The molecule has 1 aromatic heterocycles. The van der Waals surface area contributed by atoms with Crippen molar-refractivity contribution in [3.8, 4) is 0 Å². The third-order valence-electron chi connectivity index (χ3n) is 3.71. The number of nitrogens with two attached hydrogens (primary N) is 1. The van der Waals surface area contributed by atoms with E-state index in [9.17, 15) is 0 Å². The number of hydrogen-bond donors (Lipinski definition) is 1. The number of nitrogens with zero attached hydrogens (tertiary/aromatic N) is 3. The van der Waals surface area contributed by atoms with Crippen LogP contribution in [0.3, 0.4) is 0 Å². The van der Waals surface area contributed by atoms with Gasteiger partial charge in [0.2, 0.25) is 5.13 Å². The van der Waals surface area contributed by atoms with Crippen LogP contribution in [0.25, 0.3) is 0 Å². The van der Waals surface area contributed by atoms with Crippen LogP contribution < -0.4 is 10.6 Å². The van der Waals surface area contributed by atoms with Gasteiger partial charge in [-0.25, -0.2) is 4.98 Å². The summed E-state index contributed by atoms with van der Waals surface area (Å²) < 4.78 is 4.06. The predicted molar refractivity (Wildman–Crippen MR) is 60.9 cm³/mol. The van der Waals surface area contributed by atoms with Crippen LogP contribution in [0.4, 0.5) is 5.13 Å². The van der Waals surface area contributed by atoms with Crippen molar-refractivity contribution >= 4 is 16.7 Å². The van der Waals surface area contributed by atoms with Crippen LogP contribution in [0.5, 0.6) is 0 Å². The summed E-state index contributed by atoms with van der Waals surface area (Å²) in [6.45, 7) is 2.29. The Morgan fingerprint density at radius 1 is 1.33 bits per heavy atom. The third-order valence-corrected chi connectivity index (χ3v) is 4.44. The van der Waals surface area contributed by atoms with Gasteiger partial charge in [0, 0.05) is 30.7 Å². The van der Waals surface area contributed by atoms with Crippen molar-refractivity contribution in [1.82, 2.24) is 9.36 Å². The lowest BCUT2D eigenvalue weighted by atomic mass is 9.79. The molecule has 1 aliphatic carbocycles. The third kappa shape index (κ3) is 1.74. The molecule has 0 spiro atoms. The zero-order valence-corrected chi connectivity index (χ0v) is 9.49. The summed E-state index contributed by atoms with van der Waals surface area (Å²) in [5.74, 6) is 1.63. The molecule has 82 valence electrons. The average Bonchev–Trinajstić information content (AvgIpc) is 2.84. The second kappa shape index (κ2) is 3.72. The molecule has 3 atom stereocenters. The summed E-state index contributed by atoms with van der Waals surface area (Å²) in [6, 6.07) is 0.431. The average molecular weight is 224 g/mol. The van der Waals surface area contributed by atoms with Crippen molar-refractivity contribution in [2.24, 2.45) is 17.6 Å². The molecule has 2 N–H and O–H groups in total. The van der Waals surface area contributed by atoms with E-state index in [0.29, 0.717) is 6.04 Å². The molecule has 1 saturated carbocycles. The number of rotatable bonds is 1. The normalized spacial score (nSPS) is 35.5. The number of hydrogen-bond acceptors (Lipinski definition) is 5. The van der Waals surface area contributed by atoms with Crippen LogP contribution in [-0.4, -0.2) is 28.5 Å². The molecule has 1 aromatic rings. The number of anilines is 1. The zero-order valence-electron chi connectivity index (χ0n) is 8.67. The topological polar surface area (TPSA) is 55.0 Å². The Kier molecular flexibility index (Phi) is 2.36. The minimum absolute atomic E-state index is 0.431. The smallest absolute Gasteiger partial charge is 0.204 e. The summed E-state index contributed by atoms with van der Waals surface area (Å²) in [5.41, 5.74) is 6.01. The largest absolute Gasteiger partial charge is 0.346 e. The summed E-state index contributed by atoms with van der Waals surface area (Å²) >= 11 is 1.50. The van der Waals surface area contributed by atoms with Crippen LogP contribution in [0.1, 0.15) is 19.3 Å². The number of aromatic nitrogens is 2. The summed E-state index contributed by atoms with van der Waals surface area (Å²) in [7, 11) is 0. The maximum absolute atomic E-state index is 6.01. The Morgan fingerprint density at radius 3 is 3.00 bits per heavy atom. The molecule has 1 saturated heterocycles. The molecular weight excluding hydrogens is 208 g/mol. The van der Waals surface area contributed by atoms with Crippen molar-refractivity contribution in [2.75, 3.05) is 18.0 Å². The van der Waals surface area contributed by atoms with Crippen molar-refractivity contribution in [2.45, 2.75) is 25.3 Å². The van der Waals surface area contributed by atoms with E-state index in [4.69, 9.17) is 5.73 Å². The van der Waals surface area contributed by atoms with Gasteiger partial charge in [0.15, 0.2) is 0 Å².